The number of nitrogens with zero attached hydrogens (tertiary/aromatic N) is 1. The van der Waals surface area contributed by atoms with Gasteiger partial charge in [0, 0.05) is 7.11 Å². The number of aromatic hydroxyl groups is 1. The molecule has 1 amide bonds. The smallest absolute Gasteiger partial charge is 0.266 e. The summed E-state index contributed by atoms with van der Waals surface area (Å²) in [4.78, 5) is 11.3. The molecule has 1 aromatic carbocycles. The van der Waals surface area contributed by atoms with E-state index in [2.05, 4.69) is 10.5 Å². The number of nitrogens with one attached hydrogen (secondary N) is 1. The standard InChI is InChI=1S/C13H18N2O3/c1-9(2)13(15-14-12(17)8-18-3)10-4-6-11(16)7-5-10/h4-7,9,16H,8H2,1-3H3,(H,14,17)/b15-13+. The van der Waals surface area contributed by atoms with Gasteiger partial charge in [-0.25, -0.2) is 5.43 Å². The van der Waals surface area contributed by atoms with Gasteiger partial charge in [0.05, 0.1) is 5.71 Å². The summed E-state index contributed by atoms with van der Waals surface area (Å²) in [6, 6.07) is 6.70. The summed E-state index contributed by atoms with van der Waals surface area (Å²) >= 11 is 0. The van der Waals surface area contributed by atoms with Crippen LogP contribution in [-0.2, 0) is 9.53 Å². The van der Waals surface area contributed by atoms with Crippen molar-refractivity contribution in [3.8, 4) is 5.75 Å². The predicted octanol–water partition coefficient (Wildman–Crippen LogP) is 1.51. The number of amides is 1. The molecule has 0 bridgehead atoms. The lowest BCUT2D eigenvalue weighted by molar-refractivity contribution is -0.124. The van der Waals surface area contributed by atoms with Crippen LogP contribution in [0, 0.1) is 5.92 Å². The van der Waals surface area contributed by atoms with E-state index in [1.54, 1.807) is 24.3 Å². The van der Waals surface area contributed by atoms with Crippen LogP contribution in [0.25, 0.3) is 0 Å². The summed E-state index contributed by atoms with van der Waals surface area (Å²) in [7, 11) is 1.45. The molecule has 0 spiro atoms. The molecule has 0 fully saturated rings. The van der Waals surface area contributed by atoms with Crippen LogP contribution in [0.3, 0.4) is 0 Å². The Morgan fingerprint density at radius 1 is 1.39 bits per heavy atom. The van der Waals surface area contributed by atoms with Crippen molar-refractivity contribution in [2.24, 2.45) is 11.0 Å². The first-order valence-corrected chi connectivity index (χ1v) is 5.69. The number of methoxy groups -OCH3 is 1. The highest BCUT2D eigenvalue weighted by molar-refractivity contribution is 6.02. The van der Waals surface area contributed by atoms with Crippen LogP contribution in [-0.4, -0.2) is 30.4 Å². The van der Waals surface area contributed by atoms with E-state index in [1.807, 2.05) is 13.8 Å². The molecule has 1 aromatic rings. The second-order valence-corrected chi connectivity index (χ2v) is 4.17. The number of hydrogen-bond acceptors (Lipinski definition) is 4. The van der Waals surface area contributed by atoms with E-state index in [0.717, 1.165) is 11.3 Å². The molecule has 0 aromatic heterocycles. The van der Waals surface area contributed by atoms with Gasteiger partial charge in [-0.3, -0.25) is 4.79 Å². The summed E-state index contributed by atoms with van der Waals surface area (Å²) < 4.78 is 4.70. The summed E-state index contributed by atoms with van der Waals surface area (Å²) in [6.45, 7) is 3.94. The number of rotatable bonds is 5. The van der Waals surface area contributed by atoms with Crippen molar-refractivity contribution in [2.75, 3.05) is 13.7 Å². The SMILES string of the molecule is COCC(=O)N/N=C(/c1ccc(O)cc1)C(C)C. The van der Waals surface area contributed by atoms with Crippen LogP contribution >= 0.6 is 0 Å². The van der Waals surface area contributed by atoms with Crippen LogP contribution in [0.5, 0.6) is 5.75 Å². The Morgan fingerprint density at radius 2 is 2.00 bits per heavy atom. The van der Waals surface area contributed by atoms with Crippen molar-refractivity contribution in [2.45, 2.75) is 13.8 Å². The first-order chi connectivity index (χ1) is 8.54. The molecule has 5 heteroatoms. The van der Waals surface area contributed by atoms with Crippen molar-refractivity contribution in [1.29, 1.82) is 0 Å². The molecule has 18 heavy (non-hydrogen) atoms. The number of benzene rings is 1. The van der Waals surface area contributed by atoms with Crippen molar-refractivity contribution in [1.82, 2.24) is 5.43 Å². The third kappa shape index (κ3) is 4.18. The zero-order chi connectivity index (χ0) is 13.5. The average molecular weight is 250 g/mol. The molecule has 0 aliphatic carbocycles. The third-order valence-corrected chi connectivity index (χ3v) is 2.29. The number of hydrogen-bond donors (Lipinski definition) is 2. The van der Waals surface area contributed by atoms with Crippen LogP contribution in [0.15, 0.2) is 29.4 Å². The first kappa shape index (κ1) is 14.2. The Hall–Kier alpha value is -1.88. The van der Waals surface area contributed by atoms with E-state index in [0.29, 0.717) is 0 Å². The van der Waals surface area contributed by atoms with Crippen LogP contribution in [0.1, 0.15) is 19.4 Å². The van der Waals surface area contributed by atoms with Gasteiger partial charge >= 0.3 is 0 Å². The fraction of sp³-hybridized carbons (Fsp3) is 0.385. The fourth-order valence-electron chi connectivity index (χ4n) is 1.45. The summed E-state index contributed by atoms with van der Waals surface area (Å²) in [5, 5.41) is 13.3. The Morgan fingerprint density at radius 3 is 2.50 bits per heavy atom. The van der Waals surface area contributed by atoms with Gasteiger partial charge in [0.15, 0.2) is 0 Å². The normalized spacial score (nSPS) is 11.7. The van der Waals surface area contributed by atoms with E-state index < -0.39 is 0 Å². The number of hydrazone groups is 1. The molecule has 2 N–H and O–H groups in total. The summed E-state index contributed by atoms with van der Waals surface area (Å²) in [6.07, 6.45) is 0. The van der Waals surface area contributed by atoms with Crippen molar-refractivity contribution in [3.05, 3.63) is 29.8 Å². The zero-order valence-electron chi connectivity index (χ0n) is 10.8. The quantitative estimate of drug-likeness (QED) is 0.614. The third-order valence-electron chi connectivity index (χ3n) is 2.29. The molecule has 5 nitrogen and oxygen atoms in total. The lowest BCUT2D eigenvalue weighted by Crippen LogP contribution is -2.25. The van der Waals surface area contributed by atoms with Crippen molar-refractivity contribution >= 4 is 11.6 Å². The summed E-state index contributed by atoms with van der Waals surface area (Å²) in [5.74, 6) is 0.0529. The maximum absolute atomic E-state index is 11.3. The highest BCUT2D eigenvalue weighted by Gasteiger charge is 2.09. The largest absolute Gasteiger partial charge is 0.508 e. The van der Waals surface area contributed by atoms with Crippen LogP contribution in [0.4, 0.5) is 0 Å². The summed E-state index contributed by atoms with van der Waals surface area (Å²) in [5.41, 5.74) is 4.05. The molecule has 0 atom stereocenters. The fourth-order valence-corrected chi connectivity index (χ4v) is 1.45. The van der Waals surface area contributed by atoms with E-state index in [1.165, 1.54) is 7.11 Å². The zero-order valence-corrected chi connectivity index (χ0v) is 10.8. The monoisotopic (exact) mass is 250 g/mol. The highest BCUT2D eigenvalue weighted by atomic mass is 16.5. The van der Waals surface area contributed by atoms with Crippen molar-refractivity contribution < 1.29 is 14.6 Å². The molecule has 0 saturated carbocycles. The average Bonchev–Trinajstić information content (AvgIpc) is 2.31. The minimum atomic E-state index is -0.297. The van der Waals surface area contributed by atoms with E-state index in [4.69, 9.17) is 4.74 Å². The van der Waals surface area contributed by atoms with Gasteiger partial charge < -0.3 is 9.84 Å². The highest BCUT2D eigenvalue weighted by Crippen LogP contribution is 2.14. The number of phenols is 1. The minimum Gasteiger partial charge on any atom is -0.508 e. The van der Waals surface area contributed by atoms with Gasteiger partial charge in [0.2, 0.25) is 0 Å². The van der Waals surface area contributed by atoms with Gasteiger partial charge in [-0.1, -0.05) is 13.8 Å². The molecular weight excluding hydrogens is 232 g/mol. The molecule has 0 aliphatic heterocycles. The second kappa shape index (κ2) is 6.76. The lowest BCUT2D eigenvalue weighted by Gasteiger charge is -2.10. The van der Waals surface area contributed by atoms with Crippen LogP contribution < -0.4 is 5.43 Å². The van der Waals surface area contributed by atoms with Gasteiger partial charge in [-0.2, -0.15) is 5.10 Å². The number of carbonyl (C=O) groups excluding carboxylic acids is 1. The topological polar surface area (TPSA) is 70.9 Å². The van der Waals surface area contributed by atoms with Crippen molar-refractivity contribution in [3.63, 3.8) is 0 Å². The Labute approximate surface area is 106 Å². The lowest BCUT2D eigenvalue weighted by atomic mass is 10.0. The van der Waals surface area contributed by atoms with E-state index in [-0.39, 0.29) is 24.2 Å². The molecule has 0 unspecified atom stereocenters. The van der Waals surface area contributed by atoms with E-state index in [9.17, 15) is 9.90 Å². The Bertz CT molecular complexity index is 424. The van der Waals surface area contributed by atoms with Gasteiger partial charge in [0.1, 0.15) is 12.4 Å². The van der Waals surface area contributed by atoms with Gasteiger partial charge in [-0.15, -0.1) is 0 Å². The molecule has 98 valence electrons. The maximum Gasteiger partial charge on any atom is 0.266 e. The second-order valence-electron chi connectivity index (χ2n) is 4.17. The number of phenolic OH excluding ortho intramolecular Hbond substituents is 1. The molecule has 0 radical (unpaired) electrons. The maximum atomic E-state index is 11.3. The minimum absolute atomic E-state index is 0.0234. The van der Waals surface area contributed by atoms with Gasteiger partial charge in [0.25, 0.3) is 5.91 Å². The Balaban J connectivity index is 2.85. The van der Waals surface area contributed by atoms with E-state index >= 15 is 0 Å². The first-order valence-electron chi connectivity index (χ1n) is 5.69. The van der Waals surface area contributed by atoms with Crippen LogP contribution in [0.2, 0.25) is 0 Å². The van der Waals surface area contributed by atoms with Gasteiger partial charge in [-0.05, 0) is 35.7 Å². The molecule has 0 aliphatic rings. The number of ether oxygens (including phenoxy) is 1. The molecule has 0 heterocycles. The molecule has 0 saturated heterocycles. The number of carbonyl (C=O) groups is 1. The Kier molecular flexibility index (Phi) is 5.32. The molecular formula is C13H18N2O3. The predicted molar refractivity (Wildman–Crippen MR) is 69.5 cm³/mol. The molecule has 1 rings (SSSR count).